The standard InChI is InChI=1S/C19H21N3O4S/c1-13(2)12-26-19-18(20-16-6-4-5-7-17(16)21-19)22-27(23,24)15-10-8-14(25-3)9-11-15/h4-11,13H,12H2,1-3H3,(H,20,22). The maximum absolute atomic E-state index is 12.8. The van der Waals surface area contributed by atoms with Crippen molar-refractivity contribution in [3.8, 4) is 11.6 Å². The Morgan fingerprint density at radius 1 is 1.00 bits per heavy atom. The molecule has 8 heteroatoms. The maximum atomic E-state index is 12.8. The third-order valence-electron chi connectivity index (χ3n) is 3.69. The number of sulfonamides is 1. The highest BCUT2D eigenvalue weighted by molar-refractivity contribution is 7.92. The molecular weight excluding hydrogens is 366 g/mol. The first-order chi connectivity index (χ1) is 12.9. The Morgan fingerprint density at radius 2 is 1.63 bits per heavy atom. The molecule has 0 aliphatic heterocycles. The van der Waals surface area contributed by atoms with Crippen molar-refractivity contribution in [1.29, 1.82) is 0 Å². The predicted octanol–water partition coefficient (Wildman–Crippen LogP) is 3.47. The van der Waals surface area contributed by atoms with Gasteiger partial charge in [-0.1, -0.05) is 26.0 Å². The summed E-state index contributed by atoms with van der Waals surface area (Å²) in [5.74, 6) is 1.04. The van der Waals surface area contributed by atoms with E-state index in [1.807, 2.05) is 26.0 Å². The van der Waals surface area contributed by atoms with Gasteiger partial charge in [-0.2, -0.15) is 0 Å². The van der Waals surface area contributed by atoms with Crippen LogP contribution in [0.3, 0.4) is 0 Å². The zero-order chi connectivity index (χ0) is 19.4. The van der Waals surface area contributed by atoms with E-state index in [9.17, 15) is 8.42 Å². The molecule has 0 aliphatic rings. The second-order valence-corrected chi connectivity index (χ2v) is 8.03. The minimum atomic E-state index is -3.86. The van der Waals surface area contributed by atoms with E-state index in [0.29, 0.717) is 23.4 Å². The average Bonchev–Trinajstić information content (AvgIpc) is 2.66. The number of hydrogen-bond donors (Lipinski definition) is 1. The van der Waals surface area contributed by atoms with Crippen LogP contribution in [0.2, 0.25) is 0 Å². The van der Waals surface area contributed by atoms with Gasteiger partial charge in [-0.25, -0.2) is 18.4 Å². The maximum Gasteiger partial charge on any atom is 0.263 e. The smallest absolute Gasteiger partial charge is 0.263 e. The molecule has 1 heterocycles. The predicted molar refractivity (Wildman–Crippen MR) is 104 cm³/mol. The number of rotatable bonds is 7. The molecule has 0 spiro atoms. The molecule has 0 atom stereocenters. The highest BCUT2D eigenvalue weighted by Crippen LogP contribution is 2.27. The average molecular weight is 387 g/mol. The molecule has 0 radical (unpaired) electrons. The van der Waals surface area contributed by atoms with Crippen LogP contribution in [0.4, 0.5) is 5.82 Å². The van der Waals surface area contributed by atoms with Gasteiger partial charge in [0.15, 0.2) is 0 Å². The summed E-state index contributed by atoms with van der Waals surface area (Å²) in [5, 5.41) is 0. The Labute approximate surface area is 158 Å². The second kappa shape index (κ2) is 7.79. The van der Waals surface area contributed by atoms with E-state index >= 15 is 0 Å². The summed E-state index contributed by atoms with van der Waals surface area (Å²) >= 11 is 0. The summed E-state index contributed by atoms with van der Waals surface area (Å²) < 4.78 is 38.8. The summed E-state index contributed by atoms with van der Waals surface area (Å²) in [6.45, 7) is 4.38. The largest absolute Gasteiger partial charge is 0.497 e. The third-order valence-corrected chi connectivity index (χ3v) is 5.05. The monoisotopic (exact) mass is 387 g/mol. The van der Waals surface area contributed by atoms with Crippen molar-refractivity contribution in [1.82, 2.24) is 9.97 Å². The molecule has 0 unspecified atom stereocenters. The van der Waals surface area contributed by atoms with Gasteiger partial charge in [0.05, 0.1) is 29.6 Å². The fraction of sp³-hybridized carbons (Fsp3) is 0.263. The zero-order valence-corrected chi connectivity index (χ0v) is 16.2. The van der Waals surface area contributed by atoms with E-state index in [2.05, 4.69) is 14.7 Å². The van der Waals surface area contributed by atoms with Gasteiger partial charge in [0.25, 0.3) is 15.9 Å². The molecule has 3 aromatic rings. The summed E-state index contributed by atoms with van der Waals surface area (Å²) in [5.41, 5.74) is 1.20. The molecule has 0 saturated carbocycles. The van der Waals surface area contributed by atoms with Crippen LogP contribution in [-0.4, -0.2) is 32.1 Å². The molecule has 0 bridgehead atoms. The molecule has 2 aromatic carbocycles. The lowest BCUT2D eigenvalue weighted by atomic mass is 10.2. The number of para-hydroxylation sites is 2. The SMILES string of the molecule is COc1ccc(S(=O)(=O)Nc2nc3ccccc3nc2OCC(C)C)cc1. The Bertz CT molecular complexity index is 1030. The lowest BCUT2D eigenvalue weighted by Gasteiger charge is -2.14. The molecule has 142 valence electrons. The van der Waals surface area contributed by atoms with Crippen molar-refractivity contribution in [2.24, 2.45) is 5.92 Å². The first-order valence-corrected chi connectivity index (χ1v) is 9.94. The first-order valence-electron chi connectivity index (χ1n) is 8.45. The highest BCUT2D eigenvalue weighted by Gasteiger charge is 2.20. The fourth-order valence-corrected chi connectivity index (χ4v) is 3.34. The van der Waals surface area contributed by atoms with E-state index in [1.54, 1.807) is 24.3 Å². The third kappa shape index (κ3) is 4.46. The molecule has 3 rings (SSSR count). The van der Waals surface area contributed by atoms with Gasteiger partial charge < -0.3 is 9.47 Å². The van der Waals surface area contributed by atoms with E-state index < -0.39 is 10.0 Å². The van der Waals surface area contributed by atoms with Gasteiger partial charge in [0.2, 0.25) is 5.82 Å². The first kappa shape index (κ1) is 18.9. The fourth-order valence-electron chi connectivity index (χ4n) is 2.34. The lowest BCUT2D eigenvalue weighted by molar-refractivity contribution is 0.263. The lowest BCUT2D eigenvalue weighted by Crippen LogP contribution is -2.16. The van der Waals surface area contributed by atoms with Gasteiger partial charge in [-0.3, -0.25) is 4.72 Å². The van der Waals surface area contributed by atoms with Crippen LogP contribution in [0, 0.1) is 5.92 Å². The summed E-state index contributed by atoms with van der Waals surface area (Å²) in [6.07, 6.45) is 0. The molecule has 0 saturated heterocycles. The molecule has 0 aliphatic carbocycles. The highest BCUT2D eigenvalue weighted by atomic mass is 32.2. The number of nitrogens with one attached hydrogen (secondary N) is 1. The Balaban J connectivity index is 1.98. The topological polar surface area (TPSA) is 90.4 Å². The quantitative estimate of drug-likeness (QED) is 0.667. The van der Waals surface area contributed by atoms with Crippen molar-refractivity contribution >= 4 is 26.9 Å². The Kier molecular flexibility index (Phi) is 5.46. The zero-order valence-electron chi connectivity index (χ0n) is 15.3. The van der Waals surface area contributed by atoms with Crippen LogP contribution in [0.1, 0.15) is 13.8 Å². The van der Waals surface area contributed by atoms with Gasteiger partial charge >= 0.3 is 0 Å². The normalized spacial score (nSPS) is 11.6. The van der Waals surface area contributed by atoms with E-state index in [0.717, 1.165) is 0 Å². The summed E-state index contributed by atoms with van der Waals surface area (Å²) in [4.78, 5) is 8.91. The molecule has 1 aromatic heterocycles. The number of benzene rings is 2. The molecule has 0 amide bonds. The van der Waals surface area contributed by atoms with Gasteiger partial charge in [-0.15, -0.1) is 0 Å². The number of aromatic nitrogens is 2. The number of hydrogen-bond acceptors (Lipinski definition) is 6. The molecule has 7 nitrogen and oxygen atoms in total. The van der Waals surface area contributed by atoms with Crippen molar-refractivity contribution in [3.63, 3.8) is 0 Å². The van der Waals surface area contributed by atoms with Crippen molar-refractivity contribution in [2.45, 2.75) is 18.7 Å². The van der Waals surface area contributed by atoms with Crippen LogP contribution in [0.25, 0.3) is 11.0 Å². The number of anilines is 1. The number of nitrogens with zero attached hydrogens (tertiary/aromatic N) is 2. The minimum absolute atomic E-state index is 0.0603. The van der Waals surface area contributed by atoms with Crippen molar-refractivity contribution in [2.75, 3.05) is 18.4 Å². The number of methoxy groups -OCH3 is 1. The number of ether oxygens (including phenoxy) is 2. The van der Waals surface area contributed by atoms with E-state index in [4.69, 9.17) is 9.47 Å². The van der Waals surface area contributed by atoms with Crippen LogP contribution in [0.15, 0.2) is 53.4 Å². The summed E-state index contributed by atoms with van der Waals surface area (Å²) in [7, 11) is -2.34. The van der Waals surface area contributed by atoms with E-state index in [1.165, 1.54) is 19.2 Å². The van der Waals surface area contributed by atoms with Crippen LogP contribution in [-0.2, 0) is 10.0 Å². The molecule has 0 fully saturated rings. The van der Waals surface area contributed by atoms with Crippen LogP contribution in [0.5, 0.6) is 11.6 Å². The number of fused-ring (bicyclic) bond motifs is 1. The minimum Gasteiger partial charge on any atom is -0.497 e. The molecule has 1 N–H and O–H groups in total. The van der Waals surface area contributed by atoms with Crippen LogP contribution < -0.4 is 14.2 Å². The van der Waals surface area contributed by atoms with Crippen molar-refractivity contribution in [3.05, 3.63) is 48.5 Å². The van der Waals surface area contributed by atoms with Crippen molar-refractivity contribution < 1.29 is 17.9 Å². The Hall–Kier alpha value is -2.87. The van der Waals surface area contributed by atoms with Gasteiger partial charge in [0, 0.05) is 0 Å². The van der Waals surface area contributed by atoms with Gasteiger partial charge in [-0.05, 0) is 42.3 Å². The molecule has 27 heavy (non-hydrogen) atoms. The van der Waals surface area contributed by atoms with Crippen LogP contribution >= 0.6 is 0 Å². The Morgan fingerprint density at radius 3 is 2.22 bits per heavy atom. The van der Waals surface area contributed by atoms with Gasteiger partial charge in [0.1, 0.15) is 5.75 Å². The second-order valence-electron chi connectivity index (χ2n) is 6.35. The van der Waals surface area contributed by atoms with E-state index in [-0.39, 0.29) is 22.5 Å². The molecular formula is C19H21N3O4S. The summed E-state index contributed by atoms with van der Waals surface area (Å²) in [6, 6.07) is 13.3.